The van der Waals surface area contributed by atoms with Gasteiger partial charge in [0.2, 0.25) is 0 Å². The van der Waals surface area contributed by atoms with Crippen molar-refractivity contribution in [2.75, 3.05) is 0 Å². The Hall–Kier alpha value is -8.54. The Bertz CT molecular complexity index is 3860. The van der Waals surface area contributed by atoms with Crippen molar-refractivity contribution >= 4 is 65.4 Å². The average molecular weight is 888 g/mol. The fourth-order valence-electron chi connectivity index (χ4n) is 11.5. The highest BCUT2D eigenvalue weighted by Gasteiger charge is 2.29. The quantitative estimate of drug-likeness (QED) is 0.167. The predicted octanol–water partition coefficient (Wildman–Crippen LogP) is 16.6. The molecule has 0 radical (unpaired) electrons. The third kappa shape index (κ3) is 6.10. The standard InChI is InChI=1S/C64H49N5/c1-38-19-13-29-47-48-30-14-20-39(2)58(48)67(57(38)47)55-35-46(54-37-53(44-25-9-7-10-26-44)65-64(66-54)45-27-11-8-12-28-45)36-56(68-59-40(3)21-15-31-49(59)50-32-16-22-41(4)60(50)68)63(55)69-61-42(5)23-17-33-51(61)52-34-18-24-43(6)62(52)69/h7-37H,1-6H3. The van der Waals surface area contributed by atoms with Crippen molar-refractivity contribution in [3.05, 3.63) is 221 Å². The highest BCUT2D eigenvalue weighted by molar-refractivity contribution is 6.16. The summed E-state index contributed by atoms with van der Waals surface area (Å²) in [6.07, 6.45) is 0. The molecule has 330 valence electrons. The minimum absolute atomic E-state index is 0.680. The molecule has 9 aromatic carbocycles. The fraction of sp³-hybridized carbons (Fsp3) is 0.0938. The van der Waals surface area contributed by atoms with Crippen molar-refractivity contribution in [3.63, 3.8) is 0 Å². The first-order valence-corrected chi connectivity index (χ1v) is 23.9. The topological polar surface area (TPSA) is 40.6 Å². The van der Waals surface area contributed by atoms with Crippen LogP contribution < -0.4 is 0 Å². The highest BCUT2D eigenvalue weighted by atomic mass is 15.1. The van der Waals surface area contributed by atoms with E-state index in [9.17, 15) is 0 Å². The molecule has 5 nitrogen and oxygen atoms in total. The van der Waals surface area contributed by atoms with Gasteiger partial charge in [-0.25, -0.2) is 9.97 Å². The van der Waals surface area contributed by atoms with Gasteiger partial charge < -0.3 is 13.7 Å². The number of fused-ring (bicyclic) bond motifs is 9. The lowest BCUT2D eigenvalue weighted by molar-refractivity contribution is 1.04. The van der Waals surface area contributed by atoms with Crippen molar-refractivity contribution < 1.29 is 0 Å². The van der Waals surface area contributed by atoms with Gasteiger partial charge in [0, 0.05) is 49.0 Å². The van der Waals surface area contributed by atoms with Crippen LogP contribution in [0, 0.1) is 41.5 Å². The molecule has 0 N–H and O–H groups in total. The maximum Gasteiger partial charge on any atom is 0.160 e. The van der Waals surface area contributed by atoms with E-state index in [1.54, 1.807) is 0 Å². The number of aryl methyl sites for hydroxylation is 6. The molecule has 0 bridgehead atoms. The largest absolute Gasteiger partial charge is 0.306 e. The summed E-state index contributed by atoms with van der Waals surface area (Å²) in [7, 11) is 0. The summed E-state index contributed by atoms with van der Waals surface area (Å²) in [6.45, 7) is 13.6. The Labute approximate surface area is 401 Å². The van der Waals surface area contributed by atoms with E-state index in [2.05, 4.69) is 237 Å². The second-order valence-electron chi connectivity index (χ2n) is 18.9. The predicted molar refractivity (Wildman–Crippen MR) is 290 cm³/mol. The number of para-hydroxylation sites is 6. The van der Waals surface area contributed by atoms with Crippen LogP contribution in [0.5, 0.6) is 0 Å². The van der Waals surface area contributed by atoms with Gasteiger partial charge in [-0.3, -0.25) is 0 Å². The lowest BCUT2D eigenvalue weighted by atomic mass is 10.0. The van der Waals surface area contributed by atoms with Crippen LogP contribution in [-0.2, 0) is 0 Å². The second kappa shape index (κ2) is 15.5. The molecular weight excluding hydrogens is 839 g/mol. The van der Waals surface area contributed by atoms with Crippen LogP contribution in [-0.4, -0.2) is 23.7 Å². The molecule has 0 fully saturated rings. The Morgan fingerprint density at radius 2 is 0.580 bits per heavy atom. The number of aromatic nitrogens is 5. The summed E-state index contributed by atoms with van der Waals surface area (Å²) in [4.78, 5) is 10.8. The van der Waals surface area contributed by atoms with Gasteiger partial charge >= 0.3 is 0 Å². The third-order valence-electron chi connectivity index (χ3n) is 14.5. The molecule has 0 amide bonds. The molecule has 69 heavy (non-hydrogen) atoms. The molecule has 4 aromatic heterocycles. The molecule has 0 aliphatic carbocycles. The zero-order valence-electron chi connectivity index (χ0n) is 39.6. The van der Waals surface area contributed by atoms with Crippen LogP contribution in [0.3, 0.4) is 0 Å². The van der Waals surface area contributed by atoms with E-state index >= 15 is 0 Å². The molecule has 0 aliphatic rings. The molecule has 0 spiro atoms. The molecule has 0 saturated carbocycles. The smallest absolute Gasteiger partial charge is 0.160 e. The maximum atomic E-state index is 5.55. The molecule has 0 aliphatic heterocycles. The Morgan fingerprint density at radius 1 is 0.275 bits per heavy atom. The number of hydrogen-bond acceptors (Lipinski definition) is 2. The number of benzene rings is 9. The van der Waals surface area contributed by atoms with Gasteiger partial charge in [0.15, 0.2) is 5.82 Å². The maximum absolute atomic E-state index is 5.55. The van der Waals surface area contributed by atoms with Crippen LogP contribution >= 0.6 is 0 Å². The molecule has 4 heterocycles. The van der Waals surface area contributed by atoms with Crippen LogP contribution in [0.2, 0.25) is 0 Å². The normalized spacial score (nSPS) is 11.9. The average Bonchev–Trinajstić information content (AvgIpc) is 4.03. The second-order valence-corrected chi connectivity index (χ2v) is 18.9. The van der Waals surface area contributed by atoms with Gasteiger partial charge in [-0.15, -0.1) is 0 Å². The molecule has 5 heteroatoms. The van der Waals surface area contributed by atoms with Crippen LogP contribution in [0.1, 0.15) is 33.4 Å². The van der Waals surface area contributed by atoms with Gasteiger partial charge in [0.1, 0.15) is 0 Å². The highest BCUT2D eigenvalue weighted by Crippen LogP contribution is 2.47. The van der Waals surface area contributed by atoms with E-state index in [4.69, 9.17) is 9.97 Å². The Kier molecular flexibility index (Phi) is 9.15. The van der Waals surface area contributed by atoms with Crippen LogP contribution in [0.25, 0.3) is 116 Å². The van der Waals surface area contributed by atoms with Crippen LogP contribution in [0.4, 0.5) is 0 Å². The number of rotatable bonds is 6. The van der Waals surface area contributed by atoms with E-state index in [1.165, 1.54) is 98.8 Å². The lowest BCUT2D eigenvalue weighted by Gasteiger charge is -2.25. The van der Waals surface area contributed by atoms with Gasteiger partial charge in [-0.1, -0.05) is 170 Å². The van der Waals surface area contributed by atoms with E-state index in [1.807, 2.05) is 6.07 Å². The summed E-state index contributed by atoms with van der Waals surface area (Å²) in [5.74, 6) is 0.680. The fourth-order valence-corrected chi connectivity index (χ4v) is 11.5. The van der Waals surface area contributed by atoms with Gasteiger partial charge in [-0.2, -0.15) is 0 Å². The van der Waals surface area contributed by atoms with E-state index < -0.39 is 0 Å². The van der Waals surface area contributed by atoms with Crippen molar-refractivity contribution in [3.8, 4) is 51.0 Å². The van der Waals surface area contributed by atoms with Crippen molar-refractivity contribution in [2.24, 2.45) is 0 Å². The minimum Gasteiger partial charge on any atom is -0.306 e. The van der Waals surface area contributed by atoms with Crippen molar-refractivity contribution in [1.82, 2.24) is 23.7 Å². The van der Waals surface area contributed by atoms with Gasteiger partial charge in [0.05, 0.1) is 61.6 Å². The molecular formula is C64H49N5. The van der Waals surface area contributed by atoms with E-state index in [0.717, 1.165) is 45.1 Å². The first kappa shape index (κ1) is 40.7. The zero-order chi connectivity index (χ0) is 46.7. The molecule has 0 atom stereocenters. The van der Waals surface area contributed by atoms with Crippen molar-refractivity contribution in [1.29, 1.82) is 0 Å². The summed E-state index contributed by atoms with van der Waals surface area (Å²) in [5.41, 5.74) is 22.3. The van der Waals surface area contributed by atoms with E-state index in [0.29, 0.717) is 5.82 Å². The summed E-state index contributed by atoms with van der Waals surface area (Å²) >= 11 is 0. The van der Waals surface area contributed by atoms with Gasteiger partial charge in [-0.05, 0) is 93.1 Å². The summed E-state index contributed by atoms with van der Waals surface area (Å²) in [5, 5.41) is 7.37. The molecule has 0 unspecified atom stereocenters. The monoisotopic (exact) mass is 887 g/mol. The summed E-state index contributed by atoms with van der Waals surface area (Å²) < 4.78 is 7.77. The zero-order valence-corrected chi connectivity index (χ0v) is 39.6. The molecule has 0 saturated heterocycles. The lowest BCUT2D eigenvalue weighted by Crippen LogP contribution is -2.12. The van der Waals surface area contributed by atoms with E-state index in [-0.39, 0.29) is 0 Å². The SMILES string of the molecule is Cc1cccc2c3cccc(C)c3n(-c3cc(-c4cc(-c5ccccc5)nc(-c5ccccc5)n4)cc(-n4c5c(C)cccc5c5cccc(C)c54)c3-n3c4c(C)cccc4c4cccc(C)c43)c12. The Balaban J connectivity index is 1.32. The third-order valence-corrected chi connectivity index (χ3v) is 14.5. The first-order chi connectivity index (χ1) is 33.7. The number of hydrogen-bond donors (Lipinski definition) is 0. The van der Waals surface area contributed by atoms with Crippen molar-refractivity contribution in [2.45, 2.75) is 41.5 Å². The minimum atomic E-state index is 0.680. The Morgan fingerprint density at radius 3 is 0.928 bits per heavy atom. The van der Waals surface area contributed by atoms with Crippen LogP contribution in [0.15, 0.2) is 188 Å². The van der Waals surface area contributed by atoms with Gasteiger partial charge in [0.25, 0.3) is 0 Å². The molecule has 13 aromatic rings. The molecule has 13 rings (SSSR count). The number of nitrogens with zero attached hydrogens (tertiary/aromatic N) is 5. The first-order valence-electron chi connectivity index (χ1n) is 23.9. The summed E-state index contributed by atoms with van der Waals surface area (Å²) in [6, 6.07) is 68.5.